The number of benzene rings is 1. The molecule has 0 amide bonds. The van der Waals surface area contributed by atoms with Crippen LogP contribution in [0.3, 0.4) is 0 Å². The van der Waals surface area contributed by atoms with Crippen molar-refractivity contribution in [3.05, 3.63) is 29.8 Å². The highest BCUT2D eigenvalue weighted by Crippen LogP contribution is 2.24. The minimum Gasteiger partial charge on any atom is -0.488 e. The minimum atomic E-state index is -0.928. The van der Waals surface area contributed by atoms with E-state index in [0.29, 0.717) is 6.42 Å². The summed E-state index contributed by atoms with van der Waals surface area (Å²) in [5.41, 5.74) is 0. The molecule has 1 aliphatic carbocycles. The topological polar surface area (TPSA) is 29.5 Å². The molecule has 1 fully saturated rings. The molecule has 1 aromatic carbocycles. The van der Waals surface area contributed by atoms with Gasteiger partial charge in [-0.2, -0.15) is 0 Å². The summed E-state index contributed by atoms with van der Waals surface area (Å²) in [6, 6.07) is 3.41. The van der Waals surface area contributed by atoms with Gasteiger partial charge in [0.25, 0.3) is 0 Å². The second kappa shape index (κ2) is 4.78. The number of halogens is 2. The number of hydrogen-bond donors (Lipinski definition) is 1. The normalized spacial score (nSPS) is 25.4. The molecule has 0 heterocycles. The highest BCUT2D eigenvalue weighted by atomic mass is 19.2. The number of rotatable bonds is 2. The maximum Gasteiger partial charge on any atom is 0.162 e. The van der Waals surface area contributed by atoms with Gasteiger partial charge in [0.05, 0.1) is 6.10 Å². The third-order valence-electron chi connectivity index (χ3n) is 2.85. The molecule has 4 heteroatoms. The van der Waals surface area contributed by atoms with E-state index in [1.165, 1.54) is 6.07 Å². The molecule has 1 saturated carbocycles. The fourth-order valence-corrected chi connectivity index (χ4v) is 1.94. The van der Waals surface area contributed by atoms with Crippen LogP contribution in [0.15, 0.2) is 18.2 Å². The lowest BCUT2D eigenvalue weighted by Gasteiger charge is -2.28. The first kappa shape index (κ1) is 11.3. The third kappa shape index (κ3) is 2.50. The van der Waals surface area contributed by atoms with Crippen LogP contribution in [-0.4, -0.2) is 17.3 Å². The Labute approximate surface area is 92.9 Å². The summed E-state index contributed by atoms with van der Waals surface area (Å²) >= 11 is 0. The first-order valence-electron chi connectivity index (χ1n) is 5.46. The van der Waals surface area contributed by atoms with Gasteiger partial charge in [0.1, 0.15) is 11.9 Å². The number of hydrogen-bond acceptors (Lipinski definition) is 2. The van der Waals surface area contributed by atoms with E-state index in [2.05, 4.69) is 0 Å². The quantitative estimate of drug-likeness (QED) is 0.843. The van der Waals surface area contributed by atoms with E-state index >= 15 is 0 Å². The zero-order valence-corrected chi connectivity index (χ0v) is 8.83. The van der Waals surface area contributed by atoms with Gasteiger partial charge < -0.3 is 9.84 Å². The molecule has 16 heavy (non-hydrogen) atoms. The molecule has 0 bridgehead atoms. The lowest BCUT2D eigenvalue weighted by Crippen LogP contribution is -2.34. The molecule has 2 unspecified atom stereocenters. The summed E-state index contributed by atoms with van der Waals surface area (Å²) in [6.07, 6.45) is 2.61. The molecule has 88 valence electrons. The van der Waals surface area contributed by atoms with Crippen LogP contribution in [0.5, 0.6) is 5.75 Å². The van der Waals surface area contributed by atoms with E-state index in [1.54, 1.807) is 0 Å². The minimum absolute atomic E-state index is 0.268. The van der Waals surface area contributed by atoms with E-state index in [9.17, 15) is 13.9 Å². The summed E-state index contributed by atoms with van der Waals surface area (Å²) in [7, 11) is 0. The van der Waals surface area contributed by atoms with Gasteiger partial charge in [-0.25, -0.2) is 8.78 Å². The average molecular weight is 228 g/mol. The van der Waals surface area contributed by atoms with Crippen molar-refractivity contribution in [2.24, 2.45) is 0 Å². The zero-order chi connectivity index (χ0) is 11.5. The van der Waals surface area contributed by atoms with Gasteiger partial charge >= 0.3 is 0 Å². The van der Waals surface area contributed by atoms with Gasteiger partial charge in [0.2, 0.25) is 0 Å². The van der Waals surface area contributed by atoms with Crippen LogP contribution in [0.2, 0.25) is 0 Å². The maximum absolute atomic E-state index is 12.9. The summed E-state index contributed by atoms with van der Waals surface area (Å²) in [4.78, 5) is 0. The summed E-state index contributed by atoms with van der Waals surface area (Å²) in [5.74, 6) is -1.55. The summed E-state index contributed by atoms with van der Waals surface area (Å²) in [6.45, 7) is 0. The van der Waals surface area contributed by atoms with Crippen molar-refractivity contribution in [2.75, 3.05) is 0 Å². The Morgan fingerprint density at radius 1 is 1.12 bits per heavy atom. The van der Waals surface area contributed by atoms with Crippen molar-refractivity contribution >= 4 is 0 Å². The third-order valence-corrected chi connectivity index (χ3v) is 2.85. The maximum atomic E-state index is 12.9. The molecule has 0 aliphatic heterocycles. The largest absolute Gasteiger partial charge is 0.488 e. The van der Waals surface area contributed by atoms with Crippen molar-refractivity contribution in [2.45, 2.75) is 37.9 Å². The number of aliphatic hydroxyl groups is 1. The molecule has 2 nitrogen and oxygen atoms in total. The fraction of sp³-hybridized carbons (Fsp3) is 0.500. The zero-order valence-electron chi connectivity index (χ0n) is 8.83. The van der Waals surface area contributed by atoms with Gasteiger partial charge in [-0.05, 0) is 31.4 Å². The van der Waals surface area contributed by atoms with E-state index in [-0.39, 0.29) is 11.9 Å². The Morgan fingerprint density at radius 2 is 1.88 bits per heavy atom. The van der Waals surface area contributed by atoms with Crippen molar-refractivity contribution < 1.29 is 18.6 Å². The first-order valence-corrected chi connectivity index (χ1v) is 5.46. The Morgan fingerprint density at radius 3 is 2.56 bits per heavy atom. The van der Waals surface area contributed by atoms with Crippen molar-refractivity contribution in [1.82, 2.24) is 0 Å². The first-order chi connectivity index (χ1) is 7.66. The molecular weight excluding hydrogens is 214 g/mol. The van der Waals surface area contributed by atoms with Crippen molar-refractivity contribution in [1.29, 1.82) is 0 Å². The molecule has 2 rings (SSSR count). The van der Waals surface area contributed by atoms with Crippen molar-refractivity contribution in [3.8, 4) is 5.75 Å². The molecular formula is C12H14F2O2. The Hall–Kier alpha value is -1.16. The van der Waals surface area contributed by atoms with Crippen LogP contribution in [0.4, 0.5) is 8.78 Å². The molecule has 1 aromatic rings. The smallest absolute Gasteiger partial charge is 0.162 e. The van der Waals surface area contributed by atoms with Gasteiger partial charge in [-0.1, -0.05) is 6.42 Å². The lowest BCUT2D eigenvalue weighted by atomic mass is 9.95. The predicted octanol–water partition coefficient (Wildman–Crippen LogP) is 2.65. The molecule has 1 N–H and O–H groups in total. The van der Waals surface area contributed by atoms with Crippen LogP contribution in [0, 0.1) is 11.6 Å². The highest BCUT2D eigenvalue weighted by Gasteiger charge is 2.24. The van der Waals surface area contributed by atoms with Gasteiger partial charge in [0.15, 0.2) is 11.6 Å². The molecule has 0 spiro atoms. The molecule has 2 atom stereocenters. The van der Waals surface area contributed by atoms with E-state index in [0.717, 1.165) is 31.4 Å². The van der Waals surface area contributed by atoms with Crippen LogP contribution >= 0.6 is 0 Å². The molecule has 0 aromatic heterocycles. The molecule has 0 radical (unpaired) electrons. The van der Waals surface area contributed by atoms with E-state index < -0.39 is 17.7 Å². The van der Waals surface area contributed by atoms with Crippen molar-refractivity contribution in [3.63, 3.8) is 0 Å². The Kier molecular flexibility index (Phi) is 3.39. The summed E-state index contributed by atoms with van der Waals surface area (Å²) < 4.78 is 31.0. The van der Waals surface area contributed by atoms with E-state index in [4.69, 9.17) is 4.74 Å². The Bertz CT molecular complexity index is 368. The second-order valence-corrected chi connectivity index (χ2v) is 4.08. The van der Waals surface area contributed by atoms with Crippen LogP contribution in [-0.2, 0) is 0 Å². The number of ether oxygens (including phenoxy) is 1. The second-order valence-electron chi connectivity index (χ2n) is 4.08. The predicted molar refractivity (Wildman–Crippen MR) is 55.2 cm³/mol. The van der Waals surface area contributed by atoms with Gasteiger partial charge in [0, 0.05) is 6.07 Å². The SMILES string of the molecule is OC1CCCCC1Oc1ccc(F)c(F)c1. The number of aliphatic hydroxyl groups excluding tert-OH is 1. The van der Waals surface area contributed by atoms with Gasteiger partial charge in [-0.3, -0.25) is 0 Å². The van der Waals surface area contributed by atoms with Crippen LogP contribution < -0.4 is 4.74 Å². The summed E-state index contributed by atoms with van der Waals surface area (Å²) in [5, 5.41) is 9.66. The van der Waals surface area contributed by atoms with E-state index in [1.807, 2.05) is 0 Å². The van der Waals surface area contributed by atoms with Crippen LogP contribution in [0.1, 0.15) is 25.7 Å². The highest BCUT2D eigenvalue weighted by molar-refractivity contribution is 5.24. The standard InChI is InChI=1S/C12H14F2O2/c13-9-6-5-8(7-10(9)14)16-12-4-2-1-3-11(12)15/h5-7,11-12,15H,1-4H2. The average Bonchev–Trinajstić information content (AvgIpc) is 2.27. The van der Waals surface area contributed by atoms with Crippen LogP contribution in [0.25, 0.3) is 0 Å². The Balaban J connectivity index is 2.05. The van der Waals surface area contributed by atoms with Gasteiger partial charge in [-0.15, -0.1) is 0 Å². The fourth-order valence-electron chi connectivity index (χ4n) is 1.94. The molecule has 1 aliphatic rings. The lowest BCUT2D eigenvalue weighted by molar-refractivity contribution is 0.00667. The molecule has 0 saturated heterocycles. The monoisotopic (exact) mass is 228 g/mol.